The summed E-state index contributed by atoms with van der Waals surface area (Å²) < 4.78 is 0. The third kappa shape index (κ3) is 1.49. The minimum Gasteiger partial charge on any atom is -0.0773 e. The molecular formula is C15H22. The number of rotatable bonds is 0. The largest absolute Gasteiger partial charge is 0.0773 e. The van der Waals surface area contributed by atoms with Crippen molar-refractivity contribution in [3.63, 3.8) is 0 Å². The zero-order chi connectivity index (χ0) is 10.6. The molecule has 0 nitrogen and oxygen atoms in total. The molecule has 0 bridgehead atoms. The lowest BCUT2D eigenvalue weighted by Crippen LogP contribution is -2.13. The molecule has 0 heteroatoms. The molecule has 0 heterocycles. The van der Waals surface area contributed by atoms with Crippen molar-refractivity contribution in [2.75, 3.05) is 0 Å². The van der Waals surface area contributed by atoms with Crippen molar-refractivity contribution in [2.24, 2.45) is 23.2 Å². The Balaban J connectivity index is 1.94. The van der Waals surface area contributed by atoms with Crippen LogP contribution in [0.4, 0.5) is 0 Å². The SMILES string of the molecule is CC1CCC2C=C3CC(C)(C)CC3=CC12. The van der Waals surface area contributed by atoms with Crippen LogP contribution in [0.2, 0.25) is 0 Å². The van der Waals surface area contributed by atoms with Crippen LogP contribution in [0, 0.1) is 23.2 Å². The second-order valence-corrected chi connectivity index (χ2v) is 6.70. The Morgan fingerprint density at radius 3 is 2.47 bits per heavy atom. The average Bonchev–Trinajstić information content (AvgIpc) is 2.62. The smallest absolute Gasteiger partial charge is 0.0139 e. The third-order valence-corrected chi connectivity index (χ3v) is 4.67. The van der Waals surface area contributed by atoms with Crippen LogP contribution in [0.3, 0.4) is 0 Å². The maximum Gasteiger partial charge on any atom is -0.0139 e. The van der Waals surface area contributed by atoms with Crippen molar-refractivity contribution >= 4 is 0 Å². The van der Waals surface area contributed by atoms with Crippen LogP contribution in [0.25, 0.3) is 0 Å². The quantitative estimate of drug-likeness (QED) is 0.548. The summed E-state index contributed by atoms with van der Waals surface area (Å²) in [6, 6.07) is 0. The second kappa shape index (κ2) is 2.99. The molecule has 3 rings (SSSR count). The van der Waals surface area contributed by atoms with Gasteiger partial charge in [-0.15, -0.1) is 0 Å². The van der Waals surface area contributed by atoms with Gasteiger partial charge in [-0.05, 0) is 60.0 Å². The van der Waals surface area contributed by atoms with Gasteiger partial charge in [-0.1, -0.05) is 32.9 Å². The Morgan fingerprint density at radius 1 is 1.07 bits per heavy atom. The third-order valence-electron chi connectivity index (χ3n) is 4.67. The lowest BCUT2D eigenvalue weighted by molar-refractivity contribution is 0.401. The van der Waals surface area contributed by atoms with E-state index in [9.17, 15) is 0 Å². The molecule has 3 unspecified atom stereocenters. The van der Waals surface area contributed by atoms with Gasteiger partial charge in [-0.2, -0.15) is 0 Å². The highest BCUT2D eigenvalue weighted by atomic mass is 14.4. The molecule has 0 radical (unpaired) electrons. The van der Waals surface area contributed by atoms with Gasteiger partial charge in [-0.3, -0.25) is 0 Å². The Hall–Kier alpha value is -0.520. The van der Waals surface area contributed by atoms with E-state index in [0.29, 0.717) is 5.41 Å². The average molecular weight is 202 g/mol. The molecule has 0 aromatic rings. The summed E-state index contributed by atoms with van der Waals surface area (Å²) in [6.45, 7) is 7.25. The van der Waals surface area contributed by atoms with E-state index in [2.05, 4.69) is 32.9 Å². The predicted molar refractivity (Wildman–Crippen MR) is 64.6 cm³/mol. The summed E-state index contributed by atoms with van der Waals surface area (Å²) in [5, 5.41) is 0. The van der Waals surface area contributed by atoms with Crippen LogP contribution in [0.1, 0.15) is 46.5 Å². The van der Waals surface area contributed by atoms with E-state index in [1.807, 2.05) is 0 Å². The van der Waals surface area contributed by atoms with Crippen LogP contribution >= 0.6 is 0 Å². The summed E-state index contributed by atoms with van der Waals surface area (Å²) in [5.74, 6) is 2.68. The number of allylic oxidation sites excluding steroid dienone is 4. The van der Waals surface area contributed by atoms with Crippen molar-refractivity contribution in [3.05, 3.63) is 23.3 Å². The Morgan fingerprint density at radius 2 is 1.73 bits per heavy atom. The molecule has 0 aliphatic heterocycles. The summed E-state index contributed by atoms with van der Waals surface area (Å²) in [5.41, 5.74) is 3.91. The second-order valence-electron chi connectivity index (χ2n) is 6.70. The molecule has 0 aromatic heterocycles. The Kier molecular flexibility index (Phi) is 1.93. The summed E-state index contributed by atoms with van der Waals surface area (Å²) in [6.07, 6.45) is 10.8. The highest BCUT2D eigenvalue weighted by Gasteiger charge is 2.39. The van der Waals surface area contributed by atoms with E-state index >= 15 is 0 Å². The van der Waals surface area contributed by atoms with Crippen LogP contribution in [-0.4, -0.2) is 0 Å². The molecule has 0 amide bonds. The van der Waals surface area contributed by atoms with E-state index in [-0.39, 0.29) is 0 Å². The van der Waals surface area contributed by atoms with E-state index in [1.165, 1.54) is 25.7 Å². The van der Waals surface area contributed by atoms with E-state index < -0.39 is 0 Å². The fourth-order valence-electron chi connectivity index (χ4n) is 3.89. The van der Waals surface area contributed by atoms with Gasteiger partial charge >= 0.3 is 0 Å². The number of fused-ring (bicyclic) bond motifs is 2. The predicted octanol–water partition coefficient (Wildman–Crippen LogP) is 4.34. The van der Waals surface area contributed by atoms with Gasteiger partial charge in [0.05, 0.1) is 0 Å². The van der Waals surface area contributed by atoms with Crippen molar-refractivity contribution < 1.29 is 0 Å². The summed E-state index contributed by atoms with van der Waals surface area (Å²) in [7, 11) is 0. The minimum atomic E-state index is 0.527. The standard InChI is InChI=1S/C15H22/c1-10-4-5-11-6-12-8-15(2,3)9-13(12)7-14(10)11/h6-7,10-11,14H,4-5,8-9H2,1-3H3. The zero-order valence-corrected chi connectivity index (χ0v) is 10.2. The van der Waals surface area contributed by atoms with E-state index in [4.69, 9.17) is 0 Å². The molecule has 3 aliphatic carbocycles. The van der Waals surface area contributed by atoms with Gasteiger partial charge in [0.25, 0.3) is 0 Å². The highest BCUT2D eigenvalue weighted by Crippen LogP contribution is 2.51. The van der Waals surface area contributed by atoms with E-state index in [1.54, 1.807) is 11.1 Å². The first-order valence-corrected chi connectivity index (χ1v) is 6.47. The Labute approximate surface area is 93.5 Å². The van der Waals surface area contributed by atoms with Crippen LogP contribution in [0.5, 0.6) is 0 Å². The lowest BCUT2D eigenvalue weighted by Gasteiger charge is -2.23. The highest BCUT2D eigenvalue weighted by molar-refractivity contribution is 5.42. The van der Waals surface area contributed by atoms with Gasteiger partial charge in [0.2, 0.25) is 0 Å². The molecule has 3 atom stereocenters. The van der Waals surface area contributed by atoms with Crippen molar-refractivity contribution in [3.8, 4) is 0 Å². The van der Waals surface area contributed by atoms with Crippen LogP contribution in [-0.2, 0) is 0 Å². The van der Waals surface area contributed by atoms with Crippen LogP contribution in [0.15, 0.2) is 23.3 Å². The molecule has 2 saturated carbocycles. The molecule has 15 heavy (non-hydrogen) atoms. The molecule has 0 N–H and O–H groups in total. The molecule has 0 spiro atoms. The molecule has 2 fully saturated rings. The van der Waals surface area contributed by atoms with Crippen LogP contribution < -0.4 is 0 Å². The first kappa shape index (κ1) is 9.69. The van der Waals surface area contributed by atoms with Gasteiger partial charge in [-0.25, -0.2) is 0 Å². The minimum absolute atomic E-state index is 0.527. The number of hydrogen-bond donors (Lipinski definition) is 0. The zero-order valence-electron chi connectivity index (χ0n) is 10.2. The van der Waals surface area contributed by atoms with Gasteiger partial charge < -0.3 is 0 Å². The monoisotopic (exact) mass is 202 g/mol. The molecule has 82 valence electrons. The summed E-state index contributed by atoms with van der Waals surface area (Å²) >= 11 is 0. The van der Waals surface area contributed by atoms with Crippen molar-refractivity contribution in [2.45, 2.75) is 46.5 Å². The van der Waals surface area contributed by atoms with E-state index in [0.717, 1.165) is 17.8 Å². The molecule has 3 aliphatic rings. The Bertz CT molecular complexity index is 343. The normalized spacial score (nSPS) is 41.9. The molecule has 0 saturated heterocycles. The van der Waals surface area contributed by atoms with Crippen molar-refractivity contribution in [1.82, 2.24) is 0 Å². The number of hydrogen-bond acceptors (Lipinski definition) is 0. The van der Waals surface area contributed by atoms with Gasteiger partial charge in [0.15, 0.2) is 0 Å². The molecular weight excluding hydrogens is 180 g/mol. The maximum absolute atomic E-state index is 2.63. The first-order chi connectivity index (χ1) is 7.05. The fraction of sp³-hybridized carbons (Fsp3) is 0.733. The lowest BCUT2D eigenvalue weighted by atomic mass is 9.82. The fourth-order valence-corrected chi connectivity index (χ4v) is 3.89. The van der Waals surface area contributed by atoms with Gasteiger partial charge in [0.1, 0.15) is 0 Å². The molecule has 0 aromatic carbocycles. The summed E-state index contributed by atoms with van der Waals surface area (Å²) in [4.78, 5) is 0. The van der Waals surface area contributed by atoms with Gasteiger partial charge in [0, 0.05) is 0 Å². The van der Waals surface area contributed by atoms with Crippen molar-refractivity contribution in [1.29, 1.82) is 0 Å². The first-order valence-electron chi connectivity index (χ1n) is 6.47. The maximum atomic E-state index is 2.63. The topological polar surface area (TPSA) is 0 Å².